The number of aryl methyl sites for hydroxylation is 1. The number of para-hydroxylation sites is 1. The summed E-state index contributed by atoms with van der Waals surface area (Å²) in [4.78, 5) is 38.3. The molecule has 1 atom stereocenters. The fraction of sp³-hybridized carbons (Fsp3) is 0.318. The number of carbonyl (C=O) groups excluding carboxylic acids is 1. The Hall–Kier alpha value is -3.15. The van der Waals surface area contributed by atoms with Gasteiger partial charge < -0.3 is 5.32 Å². The van der Waals surface area contributed by atoms with Gasteiger partial charge in [0.1, 0.15) is 6.54 Å². The van der Waals surface area contributed by atoms with E-state index in [4.69, 9.17) is 0 Å². The molecule has 0 aliphatic heterocycles. The van der Waals surface area contributed by atoms with Gasteiger partial charge in [-0.25, -0.2) is 4.79 Å². The maximum atomic E-state index is 12.9. The van der Waals surface area contributed by atoms with E-state index >= 15 is 0 Å². The third-order valence-electron chi connectivity index (χ3n) is 5.35. The number of benzene rings is 2. The largest absolute Gasteiger partial charge is 0.348 e. The van der Waals surface area contributed by atoms with Crippen LogP contribution in [0.2, 0.25) is 0 Å². The molecule has 3 aromatic rings. The average molecular weight is 377 g/mol. The maximum Gasteiger partial charge on any atom is 0.331 e. The summed E-state index contributed by atoms with van der Waals surface area (Å²) in [5.74, 6) is -0.226. The number of aromatic nitrogens is 2. The topological polar surface area (TPSA) is 73.1 Å². The molecule has 4 rings (SSSR count). The van der Waals surface area contributed by atoms with Crippen molar-refractivity contribution in [2.75, 3.05) is 0 Å². The number of rotatable bonds is 5. The normalized spacial score (nSPS) is 15.5. The Kier molecular flexibility index (Phi) is 4.86. The lowest BCUT2D eigenvalue weighted by Crippen LogP contribution is -2.43. The van der Waals surface area contributed by atoms with Crippen LogP contribution in [0.3, 0.4) is 0 Å². The van der Waals surface area contributed by atoms with Crippen molar-refractivity contribution in [2.24, 2.45) is 0 Å². The minimum absolute atomic E-state index is 0.0350. The van der Waals surface area contributed by atoms with Crippen LogP contribution in [-0.2, 0) is 24.3 Å². The van der Waals surface area contributed by atoms with E-state index in [1.54, 1.807) is 24.3 Å². The molecule has 1 N–H and O–H groups in total. The molecule has 1 amide bonds. The summed E-state index contributed by atoms with van der Waals surface area (Å²) < 4.78 is 2.63. The van der Waals surface area contributed by atoms with Crippen LogP contribution in [0, 0.1) is 0 Å². The van der Waals surface area contributed by atoms with E-state index in [1.807, 2.05) is 25.1 Å². The van der Waals surface area contributed by atoms with Crippen molar-refractivity contribution < 1.29 is 4.79 Å². The number of nitrogens with zero attached hydrogens (tertiary/aromatic N) is 2. The van der Waals surface area contributed by atoms with Gasteiger partial charge in [0.25, 0.3) is 5.56 Å². The molecule has 1 heterocycles. The summed E-state index contributed by atoms with van der Waals surface area (Å²) in [6, 6.07) is 15.0. The van der Waals surface area contributed by atoms with Gasteiger partial charge in [-0.15, -0.1) is 0 Å². The Morgan fingerprint density at radius 2 is 1.82 bits per heavy atom. The Balaban J connectivity index is 1.67. The van der Waals surface area contributed by atoms with Crippen LogP contribution in [-0.4, -0.2) is 15.0 Å². The van der Waals surface area contributed by atoms with E-state index in [1.165, 1.54) is 14.7 Å². The molecule has 2 aromatic carbocycles. The van der Waals surface area contributed by atoms with Gasteiger partial charge in [-0.05, 0) is 42.5 Å². The highest BCUT2D eigenvalue weighted by atomic mass is 16.2. The van der Waals surface area contributed by atoms with Crippen LogP contribution in [0.4, 0.5) is 0 Å². The van der Waals surface area contributed by atoms with E-state index in [-0.39, 0.29) is 24.1 Å². The molecule has 6 nitrogen and oxygen atoms in total. The van der Waals surface area contributed by atoms with Crippen molar-refractivity contribution in [2.45, 2.75) is 45.3 Å². The van der Waals surface area contributed by atoms with Gasteiger partial charge in [0.2, 0.25) is 5.91 Å². The third kappa shape index (κ3) is 3.15. The molecule has 1 aromatic heterocycles. The van der Waals surface area contributed by atoms with Crippen molar-refractivity contribution in [3.05, 3.63) is 80.5 Å². The fourth-order valence-corrected chi connectivity index (χ4v) is 4.04. The second-order valence-electron chi connectivity index (χ2n) is 7.20. The van der Waals surface area contributed by atoms with E-state index in [9.17, 15) is 14.4 Å². The van der Waals surface area contributed by atoms with E-state index in [2.05, 4.69) is 11.4 Å². The second kappa shape index (κ2) is 7.46. The number of nitrogens with one attached hydrogen (secondary N) is 1. The smallest absolute Gasteiger partial charge is 0.331 e. The highest BCUT2D eigenvalue weighted by Gasteiger charge is 2.24. The van der Waals surface area contributed by atoms with E-state index < -0.39 is 5.69 Å². The highest BCUT2D eigenvalue weighted by Crippen LogP contribution is 2.30. The zero-order valence-electron chi connectivity index (χ0n) is 15.9. The van der Waals surface area contributed by atoms with Crippen LogP contribution in [0.25, 0.3) is 10.9 Å². The Labute approximate surface area is 162 Å². The zero-order valence-corrected chi connectivity index (χ0v) is 15.9. The molecule has 0 radical (unpaired) electrons. The third-order valence-corrected chi connectivity index (χ3v) is 5.35. The molecule has 1 aliphatic rings. The Morgan fingerprint density at radius 1 is 1.07 bits per heavy atom. The van der Waals surface area contributed by atoms with Crippen molar-refractivity contribution in [3.63, 3.8) is 0 Å². The predicted octanol–water partition coefficient (Wildman–Crippen LogP) is 2.38. The van der Waals surface area contributed by atoms with Gasteiger partial charge in [0.05, 0.1) is 16.9 Å². The molecule has 0 spiro atoms. The minimum Gasteiger partial charge on any atom is -0.348 e. The second-order valence-corrected chi connectivity index (χ2v) is 7.20. The average Bonchev–Trinajstić information content (AvgIpc) is 3.11. The van der Waals surface area contributed by atoms with Crippen LogP contribution in [0.5, 0.6) is 0 Å². The molecule has 144 valence electrons. The Morgan fingerprint density at radius 3 is 2.64 bits per heavy atom. The lowest BCUT2D eigenvalue weighted by molar-refractivity contribution is -0.122. The van der Waals surface area contributed by atoms with Gasteiger partial charge in [0.15, 0.2) is 0 Å². The molecule has 0 saturated heterocycles. The number of carbonyl (C=O) groups is 1. The van der Waals surface area contributed by atoms with Crippen molar-refractivity contribution in [3.8, 4) is 0 Å². The molecule has 0 fully saturated rings. The Bertz CT molecular complexity index is 1160. The summed E-state index contributed by atoms with van der Waals surface area (Å²) in [6.07, 6.45) is 2.46. The summed E-state index contributed by atoms with van der Waals surface area (Å²) in [5, 5.41) is 3.51. The first kappa shape index (κ1) is 18.2. The van der Waals surface area contributed by atoms with Gasteiger partial charge in [0, 0.05) is 6.54 Å². The van der Waals surface area contributed by atoms with Crippen LogP contribution in [0.1, 0.15) is 36.9 Å². The lowest BCUT2D eigenvalue weighted by atomic mass is 10.1. The molecule has 6 heteroatoms. The van der Waals surface area contributed by atoms with Gasteiger partial charge >= 0.3 is 5.69 Å². The summed E-state index contributed by atoms with van der Waals surface area (Å²) in [5.41, 5.74) is 2.15. The number of hydrogen-bond acceptors (Lipinski definition) is 3. The zero-order chi connectivity index (χ0) is 19.7. The van der Waals surface area contributed by atoms with Gasteiger partial charge in [-0.2, -0.15) is 0 Å². The van der Waals surface area contributed by atoms with Crippen LogP contribution >= 0.6 is 0 Å². The fourth-order valence-electron chi connectivity index (χ4n) is 4.04. The summed E-state index contributed by atoms with van der Waals surface area (Å²) in [7, 11) is 0. The number of hydrogen-bond donors (Lipinski definition) is 1. The standard InChI is InChI=1S/C22H23N3O3/c1-2-13-24-21(27)17-9-5-6-10-19(17)25(22(24)28)14-20(26)23-18-12-11-15-7-3-4-8-16(15)18/h3-10,18H,2,11-14H2,1H3,(H,23,26)/t18-/m1/s1. The molecule has 0 bridgehead atoms. The molecule has 1 aliphatic carbocycles. The van der Waals surface area contributed by atoms with Crippen LogP contribution < -0.4 is 16.6 Å². The minimum atomic E-state index is -0.437. The van der Waals surface area contributed by atoms with E-state index in [0.29, 0.717) is 23.9 Å². The van der Waals surface area contributed by atoms with Crippen LogP contribution in [0.15, 0.2) is 58.1 Å². The number of fused-ring (bicyclic) bond motifs is 2. The number of amides is 1. The lowest BCUT2D eigenvalue weighted by Gasteiger charge is -2.17. The van der Waals surface area contributed by atoms with Crippen molar-refractivity contribution in [1.82, 2.24) is 14.5 Å². The summed E-state index contributed by atoms with van der Waals surface area (Å²) >= 11 is 0. The van der Waals surface area contributed by atoms with E-state index in [0.717, 1.165) is 18.4 Å². The predicted molar refractivity (Wildman–Crippen MR) is 108 cm³/mol. The monoisotopic (exact) mass is 377 g/mol. The molecular weight excluding hydrogens is 354 g/mol. The first-order chi connectivity index (χ1) is 13.6. The quantitative estimate of drug-likeness (QED) is 0.742. The first-order valence-electron chi connectivity index (χ1n) is 9.69. The summed E-state index contributed by atoms with van der Waals surface area (Å²) in [6.45, 7) is 2.14. The van der Waals surface area contributed by atoms with Crippen molar-refractivity contribution in [1.29, 1.82) is 0 Å². The molecule has 0 saturated carbocycles. The first-order valence-corrected chi connectivity index (χ1v) is 9.69. The highest BCUT2D eigenvalue weighted by molar-refractivity contribution is 5.82. The SMILES string of the molecule is CCCn1c(=O)c2ccccc2n(CC(=O)N[C@@H]2CCc3ccccc32)c1=O. The van der Waals surface area contributed by atoms with Crippen molar-refractivity contribution >= 4 is 16.8 Å². The van der Waals surface area contributed by atoms with Gasteiger partial charge in [-0.3, -0.25) is 18.7 Å². The van der Waals surface area contributed by atoms with Gasteiger partial charge in [-0.1, -0.05) is 43.3 Å². The molecule has 0 unspecified atom stereocenters. The molecule has 28 heavy (non-hydrogen) atoms. The maximum absolute atomic E-state index is 12.9. The molecular formula is C22H23N3O3.